The van der Waals surface area contributed by atoms with Crippen molar-refractivity contribution in [2.75, 3.05) is 12.0 Å². The number of fused-ring (bicyclic) bond motifs is 2. The summed E-state index contributed by atoms with van der Waals surface area (Å²) < 4.78 is 72.9. The second kappa shape index (κ2) is 9.97. The van der Waals surface area contributed by atoms with Crippen LogP contribution < -0.4 is 4.90 Å². The smallest absolute Gasteiger partial charge is 0.417 e. The zero-order chi connectivity index (χ0) is 27.3. The Morgan fingerprint density at radius 1 is 1.08 bits per heavy atom. The van der Waals surface area contributed by atoms with Gasteiger partial charge in [0.05, 0.1) is 36.6 Å². The number of benzene rings is 2. The largest absolute Gasteiger partial charge is 0.465 e. The fourth-order valence-electron chi connectivity index (χ4n) is 6.10. The van der Waals surface area contributed by atoms with E-state index in [1.165, 1.54) is 25.3 Å². The van der Waals surface area contributed by atoms with Crippen LogP contribution in [-0.4, -0.2) is 36.4 Å². The third-order valence-electron chi connectivity index (χ3n) is 8.05. The van der Waals surface area contributed by atoms with E-state index in [2.05, 4.69) is 14.8 Å². The summed E-state index contributed by atoms with van der Waals surface area (Å²) >= 11 is 0. The van der Waals surface area contributed by atoms with Crippen LogP contribution in [-0.2, 0) is 22.3 Å². The molecule has 10 heteroatoms. The van der Waals surface area contributed by atoms with E-state index in [0.29, 0.717) is 29.9 Å². The Morgan fingerprint density at radius 2 is 1.79 bits per heavy atom. The van der Waals surface area contributed by atoms with E-state index in [4.69, 9.17) is 9.26 Å². The summed E-state index contributed by atoms with van der Waals surface area (Å²) in [5.41, 5.74) is 0.599. The lowest BCUT2D eigenvalue weighted by atomic mass is 9.97. The maximum Gasteiger partial charge on any atom is 0.417 e. The number of aromatic nitrogens is 1. The van der Waals surface area contributed by atoms with Gasteiger partial charge >= 0.3 is 12.1 Å². The Morgan fingerprint density at radius 3 is 2.44 bits per heavy atom. The van der Waals surface area contributed by atoms with Gasteiger partial charge in [0.1, 0.15) is 17.3 Å². The van der Waals surface area contributed by atoms with Crippen LogP contribution in [0.5, 0.6) is 0 Å². The lowest BCUT2D eigenvalue weighted by Crippen LogP contribution is -2.46. The molecule has 3 heterocycles. The number of halogens is 4. The van der Waals surface area contributed by atoms with E-state index < -0.39 is 23.5 Å². The highest BCUT2D eigenvalue weighted by Crippen LogP contribution is 2.47. The highest BCUT2D eigenvalue weighted by atomic mass is 19.4. The quantitative estimate of drug-likeness (QED) is 0.239. The molecule has 6 nitrogen and oxygen atoms in total. The normalized spacial score (nSPS) is 22.8. The number of esters is 1. The molecule has 1 saturated carbocycles. The first-order valence-electron chi connectivity index (χ1n) is 13.2. The van der Waals surface area contributed by atoms with Crippen LogP contribution >= 0.6 is 0 Å². The highest BCUT2D eigenvalue weighted by Gasteiger charge is 2.43. The summed E-state index contributed by atoms with van der Waals surface area (Å²) in [5, 5.41) is 4.08. The van der Waals surface area contributed by atoms with Gasteiger partial charge in [0.2, 0.25) is 0 Å². The molecule has 3 aliphatic rings. The van der Waals surface area contributed by atoms with Crippen LogP contribution in [0.3, 0.4) is 0 Å². The standard InChI is InChI=1S/C29H28F4N2O4/c1-37-28(36)17-8-11-25(24(30)12-17)35-18-9-10-19(35)14-20(13-18)38-15-22-26(34-39-27(22)16-6-7-16)21-4-2-3-5-23(21)29(31,32)33/h2-5,8,11-12,16,18-20H,6-7,9-10,13-15H2,1H3. The van der Waals surface area contributed by atoms with Gasteiger partial charge in [-0.1, -0.05) is 23.4 Å². The Labute approximate surface area is 222 Å². The zero-order valence-electron chi connectivity index (χ0n) is 21.3. The zero-order valence-corrected chi connectivity index (χ0v) is 21.3. The molecule has 2 unspecified atom stereocenters. The summed E-state index contributed by atoms with van der Waals surface area (Å²) in [6, 6.07) is 9.90. The average Bonchev–Trinajstić information content (AvgIpc) is 3.62. The molecular weight excluding hydrogens is 516 g/mol. The Kier molecular flexibility index (Phi) is 6.61. The molecule has 1 aromatic heterocycles. The molecule has 0 amide bonds. The molecule has 2 aromatic carbocycles. The molecule has 6 rings (SSSR count). The molecule has 2 atom stereocenters. The first kappa shape index (κ1) is 25.9. The van der Waals surface area contributed by atoms with Crippen molar-refractivity contribution in [3.8, 4) is 11.3 Å². The van der Waals surface area contributed by atoms with Gasteiger partial charge in [-0.25, -0.2) is 9.18 Å². The van der Waals surface area contributed by atoms with E-state index in [-0.39, 0.29) is 47.5 Å². The van der Waals surface area contributed by atoms with E-state index >= 15 is 4.39 Å². The van der Waals surface area contributed by atoms with E-state index in [1.807, 2.05) is 0 Å². The minimum absolute atomic E-state index is 0.0139. The van der Waals surface area contributed by atoms with Crippen LogP contribution in [0.4, 0.5) is 23.2 Å². The predicted octanol–water partition coefficient (Wildman–Crippen LogP) is 6.88. The molecule has 1 aliphatic carbocycles. The van der Waals surface area contributed by atoms with Gasteiger partial charge in [-0.2, -0.15) is 13.2 Å². The SMILES string of the molecule is COC(=O)c1ccc(N2C3CCC2CC(OCc2c(-c4ccccc4C(F)(F)F)noc2C2CC2)C3)c(F)c1. The number of rotatable bonds is 7. The van der Waals surface area contributed by atoms with Gasteiger partial charge in [0, 0.05) is 29.1 Å². The fourth-order valence-corrected chi connectivity index (χ4v) is 6.10. The second-order valence-corrected chi connectivity index (χ2v) is 10.5. The number of hydrogen-bond acceptors (Lipinski definition) is 6. The van der Waals surface area contributed by atoms with Gasteiger partial charge in [0.15, 0.2) is 0 Å². The van der Waals surface area contributed by atoms with Crippen LogP contribution in [0.25, 0.3) is 11.3 Å². The van der Waals surface area contributed by atoms with Crippen molar-refractivity contribution < 1.29 is 36.4 Å². The summed E-state index contributed by atoms with van der Waals surface area (Å²) in [5.74, 6) is -0.306. The van der Waals surface area contributed by atoms with Crippen molar-refractivity contribution in [3.05, 3.63) is 70.7 Å². The molecule has 206 valence electrons. The summed E-state index contributed by atoms with van der Waals surface area (Å²) in [6.45, 7) is 0.100. The Balaban J connectivity index is 1.20. The van der Waals surface area contributed by atoms with Gasteiger partial charge in [-0.15, -0.1) is 0 Å². The number of ether oxygens (including phenoxy) is 2. The fraction of sp³-hybridized carbons (Fsp3) is 0.448. The number of carbonyl (C=O) groups is 1. The minimum Gasteiger partial charge on any atom is -0.465 e. The van der Waals surface area contributed by atoms with Crippen molar-refractivity contribution in [2.45, 2.75) is 75.4 Å². The van der Waals surface area contributed by atoms with Crippen LogP contribution in [0, 0.1) is 5.82 Å². The minimum atomic E-state index is -4.52. The van der Waals surface area contributed by atoms with Crippen molar-refractivity contribution in [1.82, 2.24) is 5.16 Å². The maximum atomic E-state index is 15.0. The van der Waals surface area contributed by atoms with E-state index in [1.54, 1.807) is 18.2 Å². The number of alkyl halides is 3. The van der Waals surface area contributed by atoms with Crippen molar-refractivity contribution in [1.29, 1.82) is 0 Å². The van der Waals surface area contributed by atoms with Gasteiger partial charge < -0.3 is 18.9 Å². The monoisotopic (exact) mass is 544 g/mol. The van der Waals surface area contributed by atoms with E-state index in [9.17, 15) is 18.0 Å². The molecular formula is C29H28F4N2O4. The first-order chi connectivity index (χ1) is 18.7. The number of methoxy groups -OCH3 is 1. The van der Waals surface area contributed by atoms with Gasteiger partial charge in [0.25, 0.3) is 0 Å². The Bertz CT molecular complexity index is 1370. The van der Waals surface area contributed by atoms with Crippen LogP contribution in [0.2, 0.25) is 0 Å². The second-order valence-electron chi connectivity index (χ2n) is 10.5. The van der Waals surface area contributed by atoms with Gasteiger partial charge in [-0.3, -0.25) is 0 Å². The molecule has 2 saturated heterocycles. The number of nitrogens with zero attached hydrogens (tertiary/aromatic N) is 2. The van der Waals surface area contributed by atoms with Crippen molar-refractivity contribution in [3.63, 3.8) is 0 Å². The molecule has 0 spiro atoms. The maximum absolute atomic E-state index is 15.0. The lowest BCUT2D eigenvalue weighted by molar-refractivity contribution is -0.137. The molecule has 0 N–H and O–H groups in total. The summed E-state index contributed by atoms with van der Waals surface area (Å²) in [4.78, 5) is 13.9. The lowest BCUT2D eigenvalue weighted by Gasteiger charge is -2.40. The number of anilines is 1. The average molecular weight is 545 g/mol. The van der Waals surface area contributed by atoms with Crippen molar-refractivity contribution in [2.24, 2.45) is 0 Å². The Hall–Kier alpha value is -3.40. The molecule has 39 heavy (non-hydrogen) atoms. The van der Waals surface area contributed by atoms with Crippen LogP contribution in [0.15, 0.2) is 47.0 Å². The van der Waals surface area contributed by atoms with Crippen molar-refractivity contribution >= 4 is 11.7 Å². The number of piperidine rings is 1. The van der Waals surface area contributed by atoms with Crippen LogP contribution in [0.1, 0.15) is 71.7 Å². The molecule has 3 aromatic rings. The molecule has 2 bridgehead atoms. The molecule has 0 radical (unpaired) electrons. The third kappa shape index (κ3) is 4.90. The number of carbonyl (C=O) groups excluding carboxylic acids is 1. The summed E-state index contributed by atoms with van der Waals surface area (Å²) in [7, 11) is 1.25. The molecule has 2 aliphatic heterocycles. The van der Waals surface area contributed by atoms with Gasteiger partial charge in [-0.05, 0) is 62.8 Å². The van der Waals surface area contributed by atoms with E-state index in [0.717, 1.165) is 31.7 Å². The summed E-state index contributed by atoms with van der Waals surface area (Å²) in [6.07, 6.45) is 0.242. The molecule has 3 fully saturated rings. The first-order valence-corrected chi connectivity index (χ1v) is 13.2. The predicted molar refractivity (Wildman–Crippen MR) is 134 cm³/mol. The number of hydrogen-bond donors (Lipinski definition) is 0. The highest BCUT2D eigenvalue weighted by molar-refractivity contribution is 5.89. The topological polar surface area (TPSA) is 64.8 Å². The third-order valence-corrected chi connectivity index (χ3v) is 8.05.